The Morgan fingerprint density at radius 1 is 1.23 bits per heavy atom. The fraction of sp³-hybridized carbons (Fsp3) is 0.733. The van der Waals surface area contributed by atoms with Crippen LogP contribution in [0, 0.1) is 5.92 Å². The van der Waals surface area contributed by atoms with Crippen LogP contribution in [0.3, 0.4) is 0 Å². The van der Waals surface area contributed by atoms with Gasteiger partial charge in [-0.3, -0.25) is 0 Å². The lowest BCUT2D eigenvalue weighted by molar-refractivity contribution is -0.137. The van der Waals surface area contributed by atoms with Crippen molar-refractivity contribution in [2.75, 3.05) is 6.61 Å². The largest absolute Gasteiger partial charge is 0.463 e. The molecule has 0 rings (SSSR count). The van der Waals surface area contributed by atoms with E-state index in [1.807, 2.05) is 0 Å². The van der Waals surface area contributed by atoms with Crippen LogP contribution in [-0.2, 0) is 14.3 Å². The van der Waals surface area contributed by atoms with Crippen molar-refractivity contribution in [1.82, 2.24) is 5.32 Å². The average molecular weight is 321 g/mol. The van der Waals surface area contributed by atoms with Crippen LogP contribution >= 0.6 is 0 Å². The highest BCUT2D eigenvalue weighted by Gasteiger charge is 2.41. The van der Waals surface area contributed by atoms with Gasteiger partial charge in [-0.05, 0) is 39.7 Å². The lowest BCUT2D eigenvalue weighted by Gasteiger charge is -2.30. The van der Waals surface area contributed by atoms with E-state index >= 15 is 0 Å². The minimum Gasteiger partial charge on any atom is -0.463 e. The van der Waals surface area contributed by atoms with E-state index in [4.69, 9.17) is 4.74 Å². The lowest BCUT2D eigenvalue weighted by atomic mass is 9.97. The third-order valence-corrected chi connectivity index (χ3v) is 2.48. The van der Waals surface area contributed by atoms with Gasteiger partial charge in [0, 0.05) is 6.08 Å². The van der Waals surface area contributed by atoms with E-state index in [1.54, 1.807) is 27.7 Å². The van der Waals surface area contributed by atoms with Crippen molar-refractivity contribution in [2.45, 2.75) is 59.1 Å². The van der Waals surface area contributed by atoms with Crippen LogP contribution in [0.25, 0.3) is 0 Å². The van der Waals surface area contributed by atoms with Gasteiger partial charge in [-0.1, -0.05) is 13.8 Å². The maximum absolute atomic E-state index is 14.2. The van der Waals surface area contributed by atoms with Crippen molar-refractivity contribution in [1.29, 1.82) is 0 Å². The highest BCUT2D eigenvalue weighted by molar-refractivity contribution is 5.82. The minimum atomic E-state index is -3.42. The van der Waals surface area contributed by atoms with Crippen molar-refractivity contribution in [3.05, 3.63) is 12.2 Å². The first-order valence-corrected chi connectivity index (χ1v) is 7.12. The van der Waals surface area contributed by atoms with E-state index in [9.17, 15) is 18.4 Å². The second kappa shape index (κ2) is 8.10. The zero-order chi connectivity index (χ0) is 17.6. The summed E-state index contributed by atoms with van der Waals surface area (Å²) in [5, 5.41) is 2.15. The Labute approximate surface area is 130 Å². The van der Waals surface area contributed by atoms with Crippen LogP contribution in [0.15, 0.2) is 12.2 Å². The summed E-state index contributed by atoms with van der Waals surface area (Å²) in [7, 11) is 0. The molecule has 22 heavy (non-hydrogen) atoms. The highest BCUT2D eigenvalue weighted by Crippen LogP contribution is 2.26. The fourth-order valence-corrected chi connectivity index (χ4v) is 1.62. The molecule has 1 N–H and O–H groups in total. The number of hydrogen-bond donors (Lipinski definition) is 1. The van der Waals surface area contributed by atoms with Crippen molar-refractivity contribution in [3.8, 4) is 0 Å². The van der Waals surface area contributed by atoms with Gasteiger partial charge in [-0.25, -0.2) is 9.59 Å². The predicted molar refractivity (Wildman–Crippen MR) is 78.7 cm³/mol. The molecule has 0 aliphatic heterocycles. The molecule has 0 aliphatic rings. The number of carbonyl (C=O) groups is 2. The van der Waals surface area contributed by atoms with Gasteiger partial charge in [0.15, 0.2) is 0 Å². The van der Waals surface area contributed by atoms with Gasteiger partial charge in [0.2, 0.25) is 0 Å². The molecular weight excluding hydrogens is 296 g/mol. The Hall–Kier alpha value is -1.66. The summed E-state index contributed by atoms with van der Waals surface area (Å²) in [6, 6.07) is -1.51. The second-order valence-electron chi connectivity index (χ2n) is 6.13. The highest BCUT2D eigenvalue weighted by atomic mass is 19.3. The molecule has 7 heteroatoms. The summed E-state index contributed by atoms with van der Waals surface area (Å²) in [4.78, 5) is 22.8. The first kappa shape index (κ1) is 20.3. The Bertz CT molecular complexity index is 414. The average Bonchev–Trinajstić information content (AvgIpc) is 2.31. The molecule has 1 atom stereocenters. The van der Waals surface area contributed by atoms with E-state index in [-0.39, 0.29) is 6.61 Å². The molecule has 0 saturated heterocycles. The van der Waals surface area contributed by atoms with Crippen LogP contribution in [0.4, 0.5) is 13.6 Å². The molecule has 0 radical (unpaired) electrons. The maximum atomic E-state index is 14.2. The van der Waals surface area contributed by atoms with Crippen LogP contribution in [-0.4, -0.2) is 36.2 Å². The Kier molecular flexibility index (Phi) is 7.49. The van der Waals surface area contributed by atoms with Crippen molar-refractivity contribution in [2.24, 2.45) is 5.92 Å². The fourth-order valence-electron chi connectivity index (χ4n) is 1.62. The topological polar surface area (TPSA) is 64.6 Å². The maximum Gasteiger partial charge on any atom is 0.408 e. The summed E-state index contributed by atoms with van der Waals surface area (Å²) in [6.45, 7) is 9.65. The van der Waals surface area contributed by atoms with Crippen LogP contribution in [0.1, 0.15) is 41.5 Å². The molecule has 0 heterocycles. The van der Waals surface area contributed by atoms with Gasteiger partial charge in [0.1, 0.15) is 11.6 Å². The molecule has 0 fully saturated rings. The molecular formula is C15H25F2NO4. The lowest BCUT2D eigenvalue weighted by Crippen LogP contribution is -2.51. The molecule has 5 nitrogen and oxygen atoms in total. The van der Waals surface area contributed by atoms with E-state index in [0.29, 0.717) is 12.2 Å². The normalized spacial score (nSPS) is 14.0. The Morgan fingerprint density at radius 2 is 1.77 bits per heavy atom. The number of amides is 1. The monoisotopic (exact) mass is 321 g/mol. The van der Waals surface area contributed by atoms with Crippen molar-refractivity contribution >= 4 is 12.1 Å². The molecule has 0 saturated carbocycles. The summed E-state index contributed by atoms with van der Waals surface area (Å²) < 4.78 is 37.9. The first-order chi connectivity index (χ1) is 9.89. The third-order valence-electron chi connectivity index (χ3n) is 2.48. The molecule has 0 aromatic heterocycles. The number of alkyl carbamates (subject to hydrolysis) is 1. The number of hydrogen-bond acceptors (Lipinski definition) is 4. The number of esters is 1. The zero-order valence-electron chi connectivity index (χ0n) is 13.9. The van der Waals surface area contributed by atoms with Gasteiger partial charge in [-0.15, -0.1) is 0 Å². The first-order valence-electron chi connectivity index (χ1n) is 7.12. The second-order valence-corrected chi connectivity index (χ2v) is 6.13. The molecule has 1 amide bonds. The van der Waals surface area contributed by atoms with Gasteiger partial charge in [0.05, 0.1) is 6.61 Å². The smallest absolute Gasteiger partial charge is 0.408 e. The van der Waals surface area contributed by atoms with Gasteiger partial charge >= 0.3 is 12.1 Å². The summed E-state index contributed by atoms with van der Waals surface area (Å²) in [6.07, 6.45) is 0.165. The third kappa shape index (κ3) is 7.95. The molecule has 0 aromatic rings. The Morgan fingerprint density at radius 3 is 2.18 bits per heavy atom. The van der Waals surface area contributed by atoms with Crippen molar-refractivity contribution < 1.29 is 27.8 Å². The minimum absolute atomic E-state index is 0.0957. The SMILES string of the molecule is CCOC(=O)/C=C/C(F)(F)[C@H](NC(=O)OC(C)(C)C)C(C)C. The Balaban J connectivity index is 4.99. The summed E-state index contributed by atoms with van der Waals surface area (Å²) in [5.41, 5.74) is -0.790. The van der Waals surface area contributed by atoms with Gasteiger partial charge < -0.3 is 14.8 Å². The van der Waals surface area contributed by atoms with E-state index < -0.39 is 35.5 Å². The van der Waals surface area contributed by atoms with Gasteiger partial charge in [0.25, 0.3) is 5.92 Å². The van der Waals surface area contributed by atoms with Crippen LogP contribution < -0.4 is 5.32 Å². The van der Waals surface area contributed by atoms with Crippen LogP contribution in [0.2, 0.25) is 0 Å². The zero-order valence-corrected chi connectivity index (χ0v) is 13.9. The molecule has 0 bridgehead atoms. The van der Waals surface area contributed by atoms with Gasteiger partial charge in [-0.2, -0.15) is 8.78 Å². The van der Waals surface area contributed by atoms with E-state index in [2.05, 4.69) is 10.1 Å². The molecule has 0 unspecified atom stereocenters. The number of rotatable bonds is 6. The molecule has 0 aliphatic carbocycles. The van der Waals surface area contributed by atoms with E-state index in [1.165, 1.54) is 13.8 Å². The standard InChI is InChI=1S/C15H25F2NO4/c1-7-21-11(19)8-9-15(16,17)12(10(2)3)18-13(20)22-14(4,5)6/h8-10,12H,7H2,1-6H3,(H,18,20)/b9-8+/t12-/m1/s1. The number of alkyl halides is 2. The van der Waals surface area contributed by atoms with Crippen LogP contribution in [0.5, 0.6) is 0 Å². The number of halogens is 2. The predicted octanol–water partition coefficient (Wildman–Crippen LogP) is 3.29. The number of carbonyl (C=O) groups excluding carboxylic acids is 2. The molecule has 128 valence electrons. The number of nitrogens with one attached hydrogen (secondary N) is 1. The van der Waals surface area contributed by atoms with Crippen molar-refractivity contribution in [3.63, 3.8) is 0 Å². The molecule has 0 aromatic carbocycles. The molecule has 0 spiro atoms. The number of ether oxygens (including phenoxy) is 2. The quantitative estimate of drug-likeness (QED) is 0.602. The summed E-state index contributed by atoms with van der Waals surface area (Å²) in [5.74, 6) is -4.85. The summed E-state index contributed by atoms with van der Waals surface area (Å²) >= 11 is 0. The van der Waals surface area contributed by atoms with E-state index in [0.717, 1.165) is 0 Å².